The van der Waals surface area contributed by atoms with Crippen molar-refractivity contribution in [2.45, 2.75) is 18.7 Å². The minimum absolute atomic E-state index is 0.0919. The number of urea groups is 1. The van der Waals surface area contributed by atoms with Crippen LogP contribution >= 0.6 is 11.8 Å². The van der Waals surface area contributed by atoms with Gasteiger partial charge in [-0.3, -0.25) is 0 Å². The fourth-order valence-electron chi connectivity index (χ4n) is 3.18. The quantitative estimate of drug-likeness (QED) is 0.837. The molecule has 0 saturated carbocycles. The molecule has 1 unspecified atom stereocenters. The third-order valence-electron chi connectivity index (χ3n) is 4.49. The lowest BCUT2D eigenvalue weighted by molar-refractivity contribution is 0.213. The van der Waals surface area contributed by atoms with E-state index < -0.39 is 0 Å². The number of hydrogen-bond donors (Lipinski definition) is 1. The highest BCUT2D eigenvalue weighted by atomic mass is 32.2. The zero-order chi connectivity index (χ0) is 18.5. The number of nitrogens with one attached hydrogen (secondary N) is 1. The lowest BCUT2D eigenvalue weighted by Gasteiger charge is -2.26. The van der Waals surface area contributed by atoms with Crippen LogP contribution in [0.5, 0.6) is 11.5 Å². The largest absolute Gasteiger partial charge is 0.493 e. The normalized spacial score (nSPS) is 16.4. The van der Waals surface area contributed by atoms with Gasteiger partial charge < -0.3 is 19.7 Å². The second kappa shape index (κ2) is 8.36. The molecule has 1 fully saturated rings. The first-order valence-corrected chi connectivity index (χ1v) is 9.72. The van der Waals surface area contributed by atoms with Crippen LogP contribution in [0.1, 0.15) is 23.4 Å². The Hall–Kier alpha value is -2.34. The number of ether oxygens (including phenoxy) is 2. The average Bonchev–Trinajstić information content (AvgIpc) is 3.17. The SMILES string of the molecule is CCc1ccccc1NC(=O)N1CCSC1c1cccc(OC)c1OC. The van der Waals surface area contributed by atoms with Crippen LogP contribution in [0.15, 0.2) is 42.5 Å². The Kier molecular flexibility index (Phi) is 5.93. The number of thioether (sulfide) groups is 1. The van der Waals surface area contributed by atoms with E-state index in [0.717, 1.165) is 29.0 Å². The van der Waals surface area contributed by atoms with Gasteiger partial charge in [-0.05, 0) is 24.1 Å². The summed E-state index contributed by atoms with van der Waals surface area (Å²) in [6.45, 7) is 2.77. The molecule has 0 aliphatic carbocycles. The van der Waals surface area contributed by atoms with Crippen LogP contribution in [0.2, 0.25) is 0 Å². The first-order valence-electron chi connectivity index (χ1n) is 8.67. The van der Waals surface area contributed by atoms with Crippen molar-refractivity contribution in [3.8, 4) is 11.5 Å². The van der Waals surface area contributed by atoms with E-state index in [1.807, 2.05) is 47.4 Å². The third-order valence-corrected chi connectivity index (χ3v) is 5.73. The summed E-state index contributed by atoms with van der Waals surface area (Å²) >= 11 is 1.73. The van der Waals surface area contributed by atoms with Crippen molar-refractivity contribution in [1.29, 1.82) is 0 Å². The van der Waals surface area contributed by atoms with E-state index in [2.05, 4.69) is 12.2 Å². The van der Waals surface area contributed by atoms with E-state index in [0.29, 0.717) is 18.0 Å². The second-order valence-corrected chi connectivity index (χ2v) is 7.13. The number of amides is 2. The lowest BCUT2D eigenvalue weighted by Crippen LogP contribution is -2.34. The summed E-state index contributed by atoms with van der Waals surface area (Å²) in [5.41, 5.74) is 2.95. The molecule has 2 aromatic carbocycles. The molecule has 1 N–H and O–H groups in total. The van der Waals surface area contributed by atoms with Gasteiger partial charge in [-0.15, -0.1) is 11.8 Å². The molecule has 5 nitrogen and oxygen atoms in total. The molecule has 1 aliphatic heterocycles. The standard InChI is InChI=1S/C20H24N2O3S/c1-4-14-8-5-6-10-16(14)21-20(23)22-12-13-26-19(22)15-9-7-11-17(24-2)18(15)25-3/h5-11,19H,4,12-13H2,1-3H3,(H,21,23). The van der Waals surface area contributed by atoms with E-state index >= 15 is 0 Å². The van der Waals surface area contributed by atoms with Gasteiger partial charge in [-0.2, -0.15) is 0 Å². The number of methoxy groups -OCH3 is 2. The maximum Gasteiger partial charge on any atom is 0.323 e. The summed E-state index contributed by atoms with van der Waals surface area (Å²) in [4.78, 5) is 14.8. The van der Waals surface area contributed by atoms with Gasteiger partial charge in [0.2, 0.25) is 0 Å². The Morgan fingerprint density at radius 3 is 2.73 bits per heavy atom. The van der Waals surface area contributed by atoms with Crippen molar-refractivity contribution in [3.63, 3.8) is 0 Å². The molecule has 0 spiro atoms. The van der Waals surface area contributed by atoms with E-state index in [4.69, 9.17) is 9.47 Å². The average molecular weight is 372 g/mol. The fraction of sp³-hybridized carbons (Fsp3) is 0.350. The van der Waals surface area contributed by atoms with E-state index in [-0.39, 0.29) is 11.4 Å². The van der Waals surface area contributed by atoms with Gasteiger partial charge in [0.05, 0.1) is 14.2 Å². The Bertz CT molecular complexity index is 781. The highest BCUT2D eigenvalue weighted by molar-refractivity contribution is 7.99. The van der Waals surface area contributed by atoms with Crippen LogP contribution in [-0.4, -0.2) is 37.4 Å². The number of para-hydroxylation sites is 2. The van der Waals surface area contributed by atoms with Crippen molar-refractivity contribution in [2.24, 2.45) is 0 Å². The maximum absolute atomic E-state index is 13.0. The molecule has 0 aromatic heterocycles. The molecule has 1 aliphatic rings. The van der Waals surface area contributed by atoms with Gasteiger partial charge in [0.25, 0.3) is 0 Å². The summed E-state index contributed by atoms with van der Waals surface area (Å²) < 4.78 is 11.0. The van der Waals surface area contributed by atoms with Gasteiger partial charge in [-0.25, -0.2) is 4.79 Å². The number of nitrogens with zero attached hydrogens (tertiary/aromatic N) is 1. The van der Waals surface area contributed by atoms with Crippen LogP contribution in [-0.2, 0) is 6.42 Å². The number of benzene rings is 2. The highest BCUT2D eigenvalue weighted by Gasteiger charge is 2.33. The number of aryl methyl sites for hydroxylation is 1. The summed E-state index contributed by atoms with van der Waals surface area (Å²) in [5, 5.41) is 2.97. The predicted octanol–water partition coefficient (Wildman–Crippen LogP) is 4.55. The molecule has 138 valence electrons. The molecule has 2 aromatic rings. The van der Waals surface area contributed by atoms with Crippen LogP contribution in [0.4, 0.5) is 10.5 Å². The van der Waals surface area contributed by atoms with Gasteiger partial charge in [0.1, 0.15) is 5.37 Å². The monoisotopic (exact) mass is 372 g/mol. The zero-order valence-corrected chi connectivity index (χ0v) is 16.1. The minimum atomic E-state index is -0.103. The number of carbonyl (C=O) groups excluding carboxylic acids is 1. The molecule has 0 radical (unpaired) electrons. The van der Waals surface area contributed by atoms with Gasteiger partial charge >= 0.3 is 6.03 Å². The Morgan fingerprint density at radius 2 is 2.00 bits per heavy atom. The van der Waals surface area contributed by atoms with Crippen molar-refractivity contribution >= 4 is 23.5 Å². The highest BCUT2D eigenvalue weighted by Crippen LogP contribution is 2.45. The molecule has 1 saturated heterocycles. The van der Waals surface area contributed by atoms with Crippen molar-refractivity contribution in [1.82, 2.24) is 4.90 Å². The first-order chi connectivity index (χ1) is 12.7. The summed E-state index contributed by atoms with van der Waals surface area (Å²) in [7, 11) is 3.25. The first kappa shape index (κ1) is 18.5. The maximum atomic E-state index is 13.0. The van der Waals surface area contributed by atoms with Crippen molar-refractivity contribution in [2.75, 3.05) is 31.8 Å². The van der Waals surface area contributed by atoms with E-state index in [1.165, 1.54) is 0 Å². The molecular formula is C20H24N2O3S. The van der Waals surface area contributed by atoms with Gasteiger partial charge in [0, 0.05) is 23.5 Å². The second-order valence-electron chi connectivity index (χ2n) is 5.94. The zero-order valence-electron chi connectivity index (χ0n) is 15.3. The number of anilines is 1. The van der Waals surface area contributed by atoms with Crippen molar-refractivity contribution < 1.29 is 14.3 Å². The predicted molar refractivity (Wildman–Crippen MR) is 106 cm³/mol. The summed E-state index contributed by atoms with van der Waals surface area (Å²) in [5.74, 6) is 2.24. The minimum Gasteiger partial charge on any atom is -0.493 e. The Balaban J connectivity index is 1.86. The summed E-state index contributed by atoms with van der Waals surface area (Å²) in [6, 6.07) is 13.6. The van der Waals surface area contributed by atoms with Crippen LogP contribution in [0.3, 0.4) is 0 Å². The van der Waals surface area contributed by atoms with Crippen LogP contribution < -0.4 is 14.8 Å². The molecular weight excluding hydrogens is 348 g/mol. The number of rotatable bonds is 5. The Morgan fingerprint density at radius 1 is 1.19 bits per heavy atom. The lowest BCUT2D eigenvalue weighted by atomic mass is 10.1. The molecule has 6 heteroatoms. The smallest absolute Gasteiger partial charge is 0.323 e. The van der Waals surface area contributed by atoms with Gasteiger partial charge in [0.15, 0.2) is 11.5 Å². The van der Waals surface area contributed by atoms with Gasteiger partial charge in [-0.1, -0.05) is 37.3 Å². The topological polar surface area (TPSA) is 50.8 Å². The van der Waals surface area contributed by atoms with E-state index in [9.17, 15) is 4.79 Å². The third kappa shape index (κ3) is 3.60. The molecule has 1 atom stereocenters. The number of hydrogen-bond acceptors (Lipinski definition) is 4. The molecule has 2 amide bonds. The fourth-order valence-corrected chi connectivity index (χ4v) is 4.45. The molecule has 26 heavy (non-hydrogen) atoms. The summed E-state index contributed by atoms with van der Waals surface area (Å²) in [6.07, 6.45) is 0.873. The molecule has 3 rings (SSSR count). The van der Waals surface area contributed by atoms with Crippen molar-refractivity contribution in [3.05, 3.63) is 53.6 Å². The molecule has 1 heterocycles. The van der Waals surface area contributed by atoms with Crippen LogP contribution in [0, 0.1) is 0 Å². The molecule has 0 bridgehead atoms. The Labute approximate surface area is 158 Å². The van der Waals surface area contributed by atoms with E-state index in [1.54, 1.807) is 26.0 Å². The van der Waals surface area contributed by atoms with Crippen LogP contribution in [0.25, 0.3) is 0 Å². The number of carbonyl (C=O) groups is 1.